The van der Waals surface area contributed by atoms with Crippen LogP contribution in [0.25, 0.3) is 0 Å². The maximum atomic E-state index is 5.10. The summed E-state index contributed by atoms with van der Waals surface area (Å²) in [4.78, 5) is 0. The highest BCUT2D eigenvalue weighted by Crippen LogP contribution is 1.92. The third-order valence-electron chi connectivity index (χ3n) is 0.350. The molecule has 0 rings (SSSR count). The Labute approximate surface area is 48.1 Å². The van der Waals surface area contributed by atoms with Crippen LogP contribution in [0.3, 0.4) is 0 Å². The molecule has 0 aromatic heterocycles. The van der Waals surface area contributed by atoms with Gasteiger partial charge in [-0.1, -0.05) is 0 Å². The number of hydrogen-bond donors (Lipinski definition) is 4. The lowest BCUT2D eigenvalue weighted by molar-refractivity contribution is 0.867. The molecule has 38 valence electrons. The molecule has 0 aliphatic heterocycles. The van der Waals surface area contributed by atoms with Crippen molar-refractivity contribution in [2.75, 3.05) is 0 Å². The van der Waals surface area contributed by atoms with Gasteiger partial charge in [0.15, 0.2) is 0 Å². The monoisotopic (exact) mass is 124 g/mol. The third kappa shape index (κ3) is 2.84. The van der Waals surface area contributed by atoms with Crippen molar-refractivity contribution in [3.63, 3.8) is 0 Å². The summed E-state index contributed by atoms with van der Waals surface area (Å²) in [5.74, 6) is 0. The molecule has 0 aliphatic carbocycles. The summed E-state index contributed by atoms with van der Waals surface area (Å²) < 4.78 is 0. The highest BCUT2D eigenvalue weighted by atomic mass is 32.1. The van der Waals surface area contributed by atoms with Gasteiger partial charge in [-0.3, -0.25) is 0 Å². The Hall–Kier alpha value is 0.620. The molecule has 0 aromatic carbocycles. The van der Waals surface area contributed by atoms with Gasteiger partial charge in [0.05, 0.1) is 10.7 Å². The van der Waals surface area contributed by atoms with Gasteiger partial charge in [0.1, 0.15) is 0 Å². The summed E-state index contributed by atoms with van der Waals surface area (Å²) in [7, 11) is 0. The second-order valence-electron chi connectivity index (χ2n) is 0.981. The quantitative estimate of drug-likeness (QED) is 0.279. The molecular formula is C2H8N2S2. The normalized spacial score (nSPS) is 20.0. The van der Waals surface area contributed by atoms with Gasteiger partial charge in [0.2, 0.25) is 0 Å². The lowest BCUT2D eigenvalue weighted by atomic mass is 10.7. The van der Waals surface area contributed by atoms with Crippen molar-refractivity contribution in [2.24, 2.45) is 11.5 Å². The van der Waals surface area contributed by atoms with Crippen LogP contribution < -0.4 is 11.5 Å². The Bertz CT molecular complexity index is 30.5. The highest BCUT2D eigenvalue weighted by molar-refractivity contribution is 7.85. The van der Waals surface area contributed by atoms with Crippen LogP contribution in [0.4, 0.5) is 0 Å². The molecule has 0 radical (unpaired) electrons. The minimum Gasteiger partial charge on any atom is -0.318 e. The van der Waals surface area contributed by atoms with Crippen LogP contribution in [-0.2, 0) is 0 Å². The van der Waals surface area contributed by atoms with Crippen molar-refractivity contribution < 1.29 is 0 Å². The number of nitrogens with two attached hydrogens (primary N) is 2. The van der Waals surface area contributed by atoms with Crippen molar-refractivity contribution in [2.45, 2.75) is 10.7 Å². The SMILES string of the molecule is NC(S)C(N)S. The zero-order chi connectivity index (χ0) is 5.15. The summed E-state index contributed by atoms with van der Waals surface area (Å²) >= 11 is 7.54. The maximum absolute atomic E-state index is 5.10. The maximum Gasteiger partial charge on any atom is 0.0723 e. The van der Waals surface area contributed by atoms with E-state index in [0.717, 1.165) is 0 Å². The molecule has 2 unspecified atom stereocenters. The van der Waals surface area contributed by atoms with Crippen LogP contribution >= 0.6 is 25.3 Å². The number of rotatable bonds is 1. The van der Waals surface area contributed by atoms with E-state index in [1.807, 2.05) is 0 Å². The summed E-state index contributed by atoms with van der Waals surface area (Å²) in [6, 6.07) is 0. The van der Waals surface area contributed by atoms with Gasteiger partial charge in [-0.25, -0.2) is 0 Å². The molecule has 0 bridgehead atoms. The zero-order valence-electron chi connectivity index (χ0n) is 3.20. The van der Waals surface area contributed by atoms with Crippen LogP contribution in [0.15, 0.2) is 0 Å². The lowest BCUT2D eigenvalue weighted by Crippen LogP contribution is -2.31. The molecule has 4 heteroatoms. The van der Waals surface area contributed by atoms with E-state index in [1.165, 1.54) is 0 Å². The molecule has 0 saturated carbocycles. The van der Waals surface area contributed by atoms with E-state index >= 15 is 0 Å². The van der Waals surface area contributed by atoms with Gasteiger partial charge in [-0.2, -0.15) is 25.3 Å². The first-order valence-corrected chi connectivity index (χ1v) is 2.55. The molecule has 2 atom stereocenters. The van der Waals surface area contributed by atoms with Crippen molar-refractivity contribution in [1.82, 2.24) is 0 Å². The second kappa shape index (κ2) is 2.74. The van der Waals surface area contributed by atoms with Crippen LogP contribution in [0.1, 0.15) is 0 Å². The first-order chi connectivity index (χ1) is 2.64. The van der Waals surface area contributed by atoms with E-state index in [1.54, 1.807) is 0 Å². The second-order valence-corrected chi connectivity index (χ2v) is 2.17. The molecule has 0 heterocycles. The first kappa shape index (κ1) is 6.62. The van der Waals surface area contributed by atoms with Crippen molar-refractivity contribution in [3.8, 4) is 0 Å². The Kier molecular flexibility index (Phi) is 3.02. The van der Waals surface area contributed by atoms with Crippen molar-refractivity contribution >= 4 is 25.3 Å². The van der Waals surface area contributed by atoms with E-state index in [-0.39, 0.29) is 10.7 Å². The Morgan fingerprint density at radius 1 is 1.00 bits per heavy atom. The molecule has 0 spiro atoms. The molecular weight excluding hydrogens is 116 g/mol. The lowest BCUT2D eigenvalue weighted by Gasteiger charge is -2.04. The topological polar surface area (TPSA) is 52.0 Å². The molecule has 6 heavy (non-hydrogen) atoms. The van der Waals surface area contributed by atoms with E-state index in [9.17, 15) is 0 Å². The largest absolute Gasteiger partial charge is 0.318 e. The van der Waals surface area contributed by atoms with Gasteiger partial charge in [-0.15, -0.1) is 0 Å². The highest BCUT2D eigenvalue weighted by Gasteiger charge is 1.98. The molecule has 4 N–H and O–H groups in total. The summed E-state index contributed by atoms with van der Waals surface area (Å²) in [6.07, 6.45) is 0. The molecule has 2 nitrogen and oxygen atoms in total. The minimum absolute atomic E-state index is 0.312. The smallest absolute Gasteiger partial charge is 0.0723 e. The van der Waals surface area contributed by atoms with Gasteiger partial charge < -0.3 is 11.5 Å². The van der Waals surface area contributed by atoms with E-state index in [4.69, 9.17) is 11.5 Å². The van der Waals surface area contributed by atoms with Gasteiger partial charge in [0, 0.05) is 0 Å². The fourth-order valence-electron chi connectivity index (χ4n) is 0. The van der Waals surface area contributed by atoms with Crippen LogP contribution in [0.2, 0.25) is 0 Å². The number of hydrogen-bond acceptors (Lipinski definition) is 4. The fraction of sp³-hybridized carbons (Fsp3) is 1.00. The van der Waals surface area contributed by atoms with E-state index < -0.39 is 0 Å². The Morgan fingerprint density at radius 3 is 1.17 bits per heavy atom. The average molecular weight is 124 g/mol. The molecule has 0 amide bonds. The van der Waals surface area contributed by atoms with Gasteiger partial charge in [-0.05, 0) is 0 Å². The van der Waals surface area contributed by atoms with Crippen LogP contribution in [0, 0.1) is 0 Å². The van der Waals surface area contributed by atoms with E-state index in [2.05, 4.69) is 25.3 Å². The Morgan fingerprint density at radius 2 is 1.17 bits per heavy atom. The molecule has 0 aromatic rings. The van der Waals surface area contributed by atoms with Crippen molar-refractivity contribution in [1.29, 1.82) is 0 Å². The third-order valence-corrected chi connectivity index (χ3v) is 1.23. The predicted molar refractivity (Wildman–Crippen MR) is 33.9 cm³/mol. The molecule has 0 aliphatic rings. The van der Waals surface area contributed by atoms with Crippen molar-refractivity contribution in [3.05, 3.63) is 0 Å². The molecule has 0 saturated heterocycles. The van der Waals surface area contributed by atoms with Crippen LogP contribution in [-0.4, -0.2) is 10.7 Å². The molecule has 0 fully saturated rings. The van der Waals surface area contributed by atoms with Gasteiger partial charge >= 0.3 is 0 Å². The predicted octanol–water partition coefficient (Wildman–Crippen LogP) is -0.584. The zero-order valence-corrected chi connectivity index (χ0v) is 4.99. The summed E-state index contributed by atoms with van der Waals surface area (Å²) in [5.41, 5.74) is 10.2. The Balaban J connectivity index is 2.99. The minimum atomic E-state index is -0.312. The fourth-order valence-corrected chi connectivity index (χ4v) is 0. The average Bonchev–Trinajstić information content (AvgIpc) is 1.36. The number of thiol groups is 2. The van der Waals surface area contributed by atoms with E-state index in [0.29, 0.717) is 0 Å². The summed E-state index contributed by atoms with van der Waals surface area (Å²) in [5, 5.41) is -0.623. The standard InChI is InChI=1S/C2H8N2S2/c3-1(5)2(4)6/h1-2,5-6H,3-4H2. The van der Waals surface area contributed by atoms with Gasteiger partial charge in [0.25, 0.3) is 0 Å². The first-order valence-electron chi connectivity index (χ1n) is 1.52. The summed E-state index contributed by atoms with van der Waals surface area (Å²) in [6.45, 7) is 0. The van der Waals surface area contributed by atoms with Crippen LogP contribution in [0.5, 0.6) is 0 Å².